The second-order valence-electron chi connectivity index (χ2n) is 7.25. The van der Waals surface area contributed by atoms with Gasteiger partial charge >= 0.3 is 0 Å². The minimum atomic E-state index is -0.169. The molecule has 0 aliphatic heterocycles. The molecule has 0 rings (SSSR count). The predicted octanol–water partition coefficient (Wildman–Crippen LogP) is 2.94. The second kappa shape index (κ2) is 10.9. The van der Waals surface area contributed by atoms with E-state index in [1.807, 2.05) is 41.5 Å². The van der Waals surface area contributed by atoms with Crippen LogP contribution in [0.25, 0.3) is 0 Å². The van der Waals surface area contributed by atoms with Crippen LogP contribution in [0, 0.1) is 17.8 Å². The molecule has 4 nitrogen and oxygen atoms in total. The van der Waals surface area contributed by atoms with Gasteiger partial charge in [0.1, 0.15) is 5.78 Å². The van der Waals surface area contributed by atoms with Crippen LogP contribution in [-0.4, -0.2) is 30.2 Å². The number of hydrogen-bond acceptors (Lipinski definition) is 4. The Morgan fingerprint density at radius 1 is 1.00 bits per heavy atom. The lowest BCUT2D eigenvalue weighted by Gasteiger charge is -2.26. The van der Waals surface area contributed by atoms with E-state index in [2.05, 4.69) is 5.32 Å². The summed E-state index contributed by atoms with van der Waals surface area (Å²) in [6.07, 6.45) is 2.95. The van der Waals surface area contributed by atoms with Gasteiger partial charge in [0.25, 0.3) is 0 Å². The fourth-order valence-corrected chi connectivity index (χ4v) is 2.74. The first-order chi connectivity index (χ1) is 10.2. The lowest BCUT2D eigenvalue weighted by molar-refractivity contribution is -0.131. The molecule has 0 saturated carbocycles. The van der Waals surface area contributed by atoms with E-state index in [0.29, 0.717) is 13.0 Å². The van der Waals surface area contributed by atoms with Crippen LogP contribution in [0.4, 0.5) is 0 Å². The van der Waals surface area contributed by atoms with Gasteiger partial charge < -0.3 is 11.1 Å². The lowest BCUT2D eigenvalue weighted by Crippen LogP contribution is -2.45. The molecule has 0 heterocycles. The number of carbonyl (C=O) groups is 2. The summed E-state index contributed by atoms with van der Waals surface area (Å²) in [6.45, 7) is 12.6. The molecule has 4 heteroatoms. The number of Topliss-reactive ketones (excluding diaryl/α,β-unsaturated/α-hetero) is 2. The highest BCUT2D eigenvalue weighted by Gasteiger charge is 2.29. The van der Waals surface area contributed by atoms with Crippen molar-refractivity contribution in [3.63, 3.8) is 0 Å². The van der Waals surface area contributed by atoms with E-state index in [4.69, 9.17) is 5.73 Å². The maximum absolute atomic E-state index is 12.7. The third-order valence-electron chi connectivity index (χ3n) is 3.95. The van der Waals surface area contributed by atoms with Crippen molar-refractivity contribution in [1.82, 2.24) is 5.32 Å². The highest BCUT2D eigenvalue weighted by Crippen LogP contribution is 2.21. The fraction of sp³-hybridized carbons (Fsp3) is 0.889. The van der Waals surface area contributed by atoms with E-state index >= 15 is 0 Å². The molecule has 0 aliphatic carbocycles. The van der Waals surface area contributed by atoms with Gasteiger partial charge in [-0.15, -0.1) is 0 Å². The molecule has 0 radical (unpaired) electrons. The van der Waals surface area contributed by atoms with Crippen molar-refractivity contribution in [1.29, 1.82) is 0 Å². The number of nitrogens with two attached hydrogens (primary N) is 1. The number of ketones is 2. The molecule has 0 aromatic heterocycles. The van der Waals surface area contributed by atoms with Crippen LogP contribution in [-0.2, 0) is 9.59 Å². The molecule has 0 bridgehead atoms. The zero-order valence-corrected chi connectivity index (χ0v) is 15.3. The van der Waals surface area contributed by atoms with Crippen molar-refractivity contribution >= 4 is 11.6 Å². The van der Waals surface area contributed by atoms with Gasteiger partial charge in [0.2, 0.25) is 0 Å². The van der Waals surface area contributed by atoms with Crippen molar-refractivity contribution in [2.45, 2.75) is 79.3 Å². The number of rotatable bonds is 12. The average Bonchev–Trinajstić information content (AvgIpc) is 2.42. The molecule has 3 N–H and O–H groups in total. The molecule has 0 aromatic carbocycles. The SMILES string of the molecule is CC(C)N[C@H](C(=O)C[C@@H](CCCCN)C(=O)C(C)C)C(C)C. The van der Waals surface area contributed by atoms with Gasteiger partial charge in [-0.05, 0) is 25.3 Å². The van der Waals surface area contributed by atoms with Crippen molar-refractivity contribution in [2.75, 3.05) is 6.54 Å². The van der Waals surface area contributed by atoms with Gasteiger partial charge in [-0.2, -0.15) is 0 Å². The Morgan fingerprint density at radius 2 is 1.59 bits per heavy atom. The maximum Gasteiger partial charge on any atom is 0.150 e. The first kappa shape index (κ1) is 21.3. The Labute approximate surface area is 136 Å². The first-order valence-corrected chi connectivity index (χ1v) is 8.73. The normalized spacial score (nSPS) is 14.6. The Bertz CT molecular complexity index is 338. The van der Waals surface area contributed by atoms with Gasteiger partial charge in [-0.25, -0.2) is 0 Å². The number of hydrogen-bond donors (Lipinski definition) is 2. The lowest BCUT2D eigenvalue weighted by atomic mass is 9.84. The molecular formula is C18H36N2O2. The largest absolute Gasteiger partial charge is 0.330 e. The van der Waals surface area contributed by atoms with Crippen LogP contribution in [0.2, 0.25) is 0 Å². The summed E-state index contributed by atoms with van der Waals surface area (Å²) in [4.78, 5) is 25.0. The van der Waals surface area contributed by atoms with Crippen molar-refractivity contribution in [2.24, 2.45) is 23.5 Å². The zero-order chi connectivity index (χ0) is 17.3. The molecule has 0 spiro atoms. The standard InChI is InChI=1S/C18H36N2O2/c1-12(2)17(20-14(5)6)16(21)11-15(9-7-8-10-19)18(22)13(3)4/h12-15,17,20H,7-11,19H2,1-6H3/t15-,17+/m1/s1. The van der Waals surface area contributed by atoms with Crippen LogP contribution < -0.4 is 11.1 Å². The van der Waals surface area contributed by atoms with Crippen LogP contribution in [0.1, 0.15) is 67.2 Å². The molecule has 22 heavy (non-hydrogen) atoms. The molecular weight excluding hydrogens is 276 g/mol. The van der Waals surface area contributed by atoms with E-state index in [9.17, 15) is 9.59 Å². The van der Waals surface area contributed by atoms with Crippen LogP contribution >= 0.6 is 0 Å². The molecule has 0 aliphatic rings. The maximum atomic E-state index is 12.7. The molecule has 0 amide bonds. The monoisotopic (exact) mass is 312 g/mol. The number of carbonyl (C=O) groups excluding carboxylic acids is 2. The number of nitrogens with one attached hydrogen (secondary N) is 1. The van der Waals surface area contributed by atoms with E-state index in [-0.39, 0.29) is 41.4 Å². The summed E-state index contributed by atoms with van der Waals surface area (Å²) in [5.41, 5.74) is 5.53. The molecule has 0 fully saturated rings. The third kappa shape index (κ3) is 8.04. The summed E-state index contributed by atoms with van der Waals surface area (Å²) in [5, 5.41) is 3.34. The van der Waals surface area contributed by atoms with E-state index in [1.165, 1.54) is 0 Å². The number of unbranched alkanes of at least 4 members (excludes halogenated alkanes) is 1. The van der Waals surface area contributed by atoms with Gasteiger partial charge in [-0.1, -0.05) is 48.0 Å². The van der Waals surface area contributed by atoms with Gasteiger partial charge in [-0.3, -0.25) is 9.59 Å². The van der Waals surface area contributed by atoms with E-state index < -0.39 is 0 Å². The minimum absolute atomic E-state index is 0.0220. The van der Waals surface area contributed by atoms with E-state index in [0.717, 1.165) is 19.3 Å². The van der Waals surface area contributed by atoms with Gasteiger partial charge in [0.15, 0.2) is 5.78 Å². The van der Waals surface area contributed by atoms with Crippen LogP contribution in [0.5, 0.6) is 0 Å². The highest BCUT2D eigenvalue weighted by atomic mass is 16.1. The molecule has 130 valence electrons. The summed E-state index contributed by atoms with van der Waals surface area (Å²) in [6, 6.07) is 0.0878. The van der Waals surface area contributed by atoms with Gasteiger partial charge in [0.05, 0.1) is 6.04 Å². The van der Waals surface area contributed by atoms with Crippen molar-refractivity contribution in [3.8, 4) is 0 Å². The average molecular weight is 312 g/mol. The minimum Gasteiger partial charge on any atom is -0.330 e. The van der Waals surface area contributed by atoms with Gasteiger partial charge in [0, 0.05) is 24.3 Å². The Morgan fingerprint density at radius 3 is 2.00 bits per heavy atom. The zero-order valence-electron chi connectivity index (χ0n) is 15.3. The predicted molar refractivity (Wildman–Crippen MR) is 92.8 cm³/mol. The molecule has 0 saturated heterocycles. The summed E-state index contributed by atoms with van der Waals surface area (Å²) in [7, 11) is 0. The Hall–Kier alpha value is -0.740. The fourth-order valence-electron chi connectivity index (χ4n) is 2.74. The summed E-state index contributed by atoms with van der Waals surface area (Å²) < 4.78 is 0. The van der Waals surface area contributed by atoms with Crippen molar-refractivity contribution in [3.05, 3.63) is 0 Å². The highest BCUT2D eigenvalue weighted by molar-refractivity contribution is 5.91. The Balaban J connectivity index is 4.86. The smallest absolute Gasteiger partial charge is 0.150 e. The Kier molecular flexibility index (Phi) is 10.5. The van der Waals surface area contributed by atoms with E-state index in [1.54, 1.807) is 0 Å². The van der Waals surface area contributed by atoms with Crippen LogP contribution in [0.3, 0.4) is 0 Å². The summed E-state index contributed by atoms with van der Waals surface area (Å²) >= 11 is 0. The quantitative estimate of drug-likeness (QED) is 0.543. The van der Waals surface area contributed by atoms with Crippen LogP contribution in [0.15, 0.2) is 0 Å². The molecule has 0 aromatic rings. The van der Waals surface area contributed by atoms with Crippen molar-refractivity contribution < 1.29 is 9.59 Å². The first-order valence-electron chi connectivity index (χ1n) is 8.73. The topological polar surface area (TPSA) is 72.2 Å². The summed E-state index contributed by atoms with van der Waals surface area (Å²) in [5.74, 6) is 0.419. The molecule has 2 atom stereocenters. The second-order valence-corrected chi connectivity index (χ2v) is 7.25. The third-order valence-corrected chi connectivity index (χ3v) is 3.95. The molecule has 0 unspecified atom stereocenters.